The number of nitrogens with zero attached hydrogens (tertiary/aromatic N) is 1. The Morgan fingerprint density at radius 1 is 1.13 bits per heavy atom. The van der Waals surface area contributed by atoms with Crippen LogP contribution in [-0.4, -0.2) is 53.8 Å². The lowest BCUT2D eigenvalue weighted by Gasteiger charge is -2.39. The quantitative estimate of drug-likeness (QED) is 0.702. The number of hydrogen-bond acceptors (Lipinski definition) is 4. The Balaban J connectivity index is 1.72. The van der Waals surface area contributed by atoms with Gasteiger partial charge >= 0.3 is 12.4 Å². The van der Waals surface area contributed by atoms with Crippen LogP contribution in [0.1, 0.15) is 37.4 Å². The van der Waals surface area contributed by atoms with Gasteiger partial charge in [-0.1, -0.05) is 12.1 Å². The molecule has 2 aliphatic rings. The molecule has 1 amide bonds. The molecule has 1 aromatic carbocycles. The summed E-state index contributed by atoms with van der Waals surface area (Å²) in [4.78, 5) is 14.4. The summed E-state index contributed by atoms with van der Waals surface area (Å²) < 4.78 is 80.1. The van der Waals surface area contributed by atoms with Crippen molar-refractivity contribution in [2.75, 3.05) is 18.1 Å². The SMILES string of the molecule is O=C1N(c2ccc([C@@H](O)C(F)(F)F)cc2)CC[C@]12CC[C@H](O)[C@@H](OCC(F)(F)F)C2. The highest BCUT2D eigenvalue weighted by molar-refractivity contribution is 6.00. The van der Waals surface area contributed by atoms with Crippen LogP contribution >= 0.6 is 0 Å². The highest BCUT2D eigenvalue weighted by Gasteiger charge is 2.52. The van der Waals surface area contributed by atoms with Gasteiger partial charge in [0.25, 0.3) is 0 Å². The number of aliphatic hydroxyl groups is 2. The van der Waals surface area contributed by atoms with Crippen LogP contribution in [-0.2, 0) is 9.53 Å². The zero-order valence-electron chi connectivity index (χ0n) is 15.7. The van der Waals surface area contributed by atoms with Gasteiger partial charge in [-0.05, 0) is 43.4 Å². The summed E-state index contributed by atoms with van der Waals surface area (Å²) in [6, 6.07) is 4.73. The lowest BCUT2D eigenvalue weighted by Crippen LogP contribution is -2.46. The molecule has 5 nitrogen and oxygen atoms in total. The summed E-state index contributed by atoms with van der Waals surface area (Å²) in [5.41, 5.74) is -1.03. The van der Waals surface area contributed by atoms with Crippen LogP contribution in [0.15, 0.2) is 24.3 Å². The minimum Gasteiger partial charge on any atom is -0.390 e. The maximum Gasteiger partial charge on any atom is 0.418 e. The molecule has 1 saturated carbocycles. The Kier molecular flexibility index (Phi) is 6.09. The molecular formula is C19H21F6NO4. The number of amides is 1. The molecule has 11 heteroatoms. The summed E-state index contributed by atoms with van der Waals surface area (Å²) in [7, 11) is 0. The number of anilines is 1. The first kappa shape index (κ1) is 22.8. The molecule has 1 aromatic rings. The standard InChI is InChI=1S/C19H21F6NO4/c20-18(21,22)10-30-14-9-17(6-5-13(14)27)7-8-26(16(17)29)12-3-1-11(2-4-12)15(28)19(23,24)25/h1-4,13-15,27-28H,5-10H2/t13-,14-,15+,17-/m0/s1. The van der Waals surface area contributed by atoms with Gasteiger partial charge in [-0.15, -0.1) is 0 Å². The van der Waals surface area contributed by atoms with E-state index in [1.54, 1.807) is 0 Å². The molecule has 2 fully saturated rings. The van der Waals surface area contributed by atoms with Gasteiger partial charge in [0, 0.05) is 12.2 Å². The van der Waals surface area contributed by atoms with E-state index in [4.69, 9.17) is 4.74 Å². The minimum atomic E-state index is -4.82. The second-order valence-electron chi connectivity index (χ2n) is 7.80. The summed E-state index contributed by atoms with van der Waals surface area (Å²) >= 11 is 0. The monoisotopic (exact) mass is 441 g/mol. The summed E-state index contributed by atoms with van der Waals surface area (Å²) in [6.45, 7) is -1.28. The molecule has 0 bridgehead atoms. The van der Waals surface area contributed by atoms with E-state index < -0.39 is 42.7 Å². The molecule has 2 N–H and O–H groups in total. The van der Waals surface area contributed by atoms with Crippen molar-refractivity contribution in [2.24, 2.45) is 5.41 Å². The van der Waals surface area contributed by atoms with Crippen LogP contribution in [0.3, 0.4) is 0 Å². The van der Waals surface area contributed by atoms with Crippen molar-refractivity contribution in [3.63, 3.8) is 0 Å². The molecule has 0 unspecified atom stereocenters. The highest BCUT2D eigenvalue weighted by Crippen LogP contribution is 2.47. The Morgan fingerprint density at radius 2 is 1.77 bits per heavy atom. The van der Waals surface area contributed by atoms with Crippen LogP contribution < -0.4 is 4.90 Å². The fourth-order valence-corrected chi connectivity index (χ4v) is 4.12. The van der Waals surface area contributed by atoms with Gasteiger partial charge in [-0.25, -0.2) is 0 Å². The summed E-state index contributed by atoms with van der Waals surface area (Å²) in [5.74, 6) is -0.362. The summed E-state index contributed by atoms with van der Waals surface area (Å²) in [5, 5.41) is 19.3. The zero-order valence-corrected chi connectivity index (χ0v) is 15.7. The molecule has 0 aromatic heterocycles. The van der Waals surface area contributed by atoms with Crippen molar-refractivity contribution in [1.29, 1.82) is 0 Å². The Morgan fingerprint density at radius 3 is 2.33 bits per heavy atom. The minimum absolute atomic E-state index is 0.0650. The van der Waals surface area contributed by atoms with Crippen molar-refractivity contribution in [3.05, 3.63) is 29.8 Å². The van der Waals surface area contributed by atoms with E-state index in [0.717, 1.165) is 12.1 Å². The highest BCUT2D eigenvalue weighted by atomic mass is 19.4. The molecule has 168 valence electrons. The van der Waals surface area contributed by atoms with Crippen molar-refractivity contribution < 1.29 is 46.1 Å². The number of ether oxygens (including phenoxy) is 1. The zero-order chi connectivity index (χ0) is 22.3. The fraction of sp³-hybridized carbons (Fsp3) is 0.632. The second kappa shape index (κ2) is 8.01. The van der Waals surface area contributed by atoms with E-state index in [1.165, 1.54) is 17.0 Å². The van der Waals surface area contributed by atoms with Crippen LogP contribution in [0.25, 0.3) is 0 Å². The number of aliphatic hydroxyl groups excluding tert-OH is 2. The van der Waals surface area contributed by atoms with Crippen molar-refractivity contribution in [1.82, 2.24) is 0 Å². The third kappa shape index (κ3) is 4.73. The van der Waals surface area contributed by atoms with E-state index >= 15 is 0 Å². The number of hydrogen-bond donors (Lipinski definition) is 2. The summed E-state index contributed by atoms with van der Waals surface area (Å²) in [6.07, 6.45) is -13.6. The number of carbonyl (C=O) groups is 1. The lowest BCUT2D eigenvalue weighted by molar-refractivity contribution is -0.206. The van der Waals surface area contributed by atoms with Crippen LogP contribution in [0.2, 0.25) is 0 Å². The third-order valence-corrected chi connectivity index (χ3v) is 5.74. The Hall–Kier alpha value is -1.85. The Bertz CT molecular complexity index is 766. The van der Waals surface area contributed by atoms with E-state index in [9.17, 15) is 41.4 Å². The number of carbonyl (C=O) groups excluding carboxylic acids is 1. The molecular weight excluding hydrogens is 420 g/mol. The number of rotatable bonds is 4. The second-order valence-corrected chi connectivity index (χ2v) is 7.80. The smallest absolute Gasteiger partial charge is 0.390 e. The van der Waals surface area contributed by atoms with Crippen molar-refractivity contribution in [2.45, 2.75) is 56.3 Å². The van der Waals surface area contributed by atoms with Gasteiger partial charge in [0.1, 0.15) is 6.61 Å². The third-order valence-electron chi connectivity index (χ3n) is 5.74. The van der Waals surface area contributed by atoms with Crippen LogP contribution in [0, 0.1) is 5.41 Å². The molecule has 1 heterocycles. The Labute approximate surface area is 168 Å². The van der Waals surface area contributed by atoms with Gasteiger partial charge in [0.15, 0.2) is 6.10 Å². The van der Waals surface area contributed by atoms with E-state index in [2.05, 4.69) is 0 Å². The predicted octanol–water partition coefficient (Wildman–Crippen LogP) is 3.50. The maximum absolute atomic E-state index is 13.1. The van der Waals surface area contributed by atoms with Crippen molar-refractivity contribution in [3.8, 4) is 0 Å². The van der Waals surface area contributed by atoms with Crippen molar-refractivity contribution >= 4 is 11.6 Å². The lowest BCUT2D eigenvalue weighted by atomic mass is 9.70. The maximum atomic E-state index is 13.1. The van der Waals surface area contributed by atoms with E-state index in [1.807, 2.05) is 0 Å². The molecule has 4 atom stereocenters. The van der Waals surface area contributed by atoms with Crippen LogP contribution in [0.5, 0.6) is 0 Å². The van der Waals surface area contributed by atoms with E-state index in [0.29, 0.717) is 12.1 Å². The van der Waals surface area contributed by atoms with Gasteiger partial charge in [0.05, 0.1) is 17.6 Å². The van der Waals surface area contributed by atoms with Gasteiger partial charge in [-0.3, -0.25) is 4.79 Å². The topological polar surface area (TPSA) is 70.0 Å². The number of halogens is 6. The molecule has 1 aliphatic heterocycles. The molecule has 30 heavy (non-hydrogen) atoms. The predicted molar refractivity (Wildman–Crippen MR) is 92.5 cm³/mol. The average Bonchev–Trinajstić information content (AvgIpc) is 2.97. The molecule has 0 radical (unpaired) electrons. The number of benzene rings is 1. The van der Waals surface area contributed by atoms with Gasteiger partial charge in [-0.2, -0.15) is 26.3 Å². The molecule has 1 saturated heterocycles. The van der Waals surface area contributed by atoms with E-state index in [-0.39, 0.29) is 37.3 Å². The molecule has 1 spiro atoms. The fourth-order valence-electron chi connectivity index (χ4n) is 4.12. The van der Waals surface area contributed by atoms with Gasteiger partial charge < -0.3 is 19.8 Å². The first-order valence-corrected chi connectivity index (χ1v) is 9.35. The normalized spacial score (nSPS) is 28.9. The largest absolute Gasteiger partial charge is 0.418 e. The average molecular weight is 441 g/mol. The van der Waals surface area contributed by atoms with Gasteiger partial charge in [0.2, 0.25) is 5.91 Å². The first-order chi connectivity index (χ1) is 13.8. The number of alkyl halides is 6. The first-order valence-electron chi connectivity index (χ1n) is 9.35. The molecule has 1 aliphatic carbocycles. The van der Waals surface area contributed by atoms with Crippen LogP contribution in [0.4, 0.5) is 32.0 Å². The molecule has 3 rings (SSSR count).